The van der Waals surface area contributed by atoms with Crippen LogP contribution in [0.25, 0.3) is 6.08 Å². The Labute approximate surface area is 171 Å². The van der Waals surface area contributed by atoms with E-state index >= 15 is 0 Å². The number of hydrogen-bond acceptors (Lipinski definition) is 4. The summed E-state index contributed by atoms with van der Waals surface area (Å²) in [6.07, 6.45) is 3.37. The zero-order valence-corrected chi connectivity index (χ0v) is 16.8. The third kappa shape index (κ3) is 4.97. The summed E-state index contributed by atoms with van der Waals surface area (Å²) in [5.41, 5.74) is 5.13. The number of ketones is 1. The van der Waals surface area contributed by atoms with E-state index in [4.69, 9.17) is 4.74 Å². The molecule has 0 amide bonds. The first kappa shape index (κ1) is 20.0. The molecule has 0 aliphatic heterocycles. The topological polar surface area (TPSA) is 63.0 Å². The molecule has 0 radical (unpaired) electrons. The predicted octanol–water partition coefficient (Wildman–Crippen LogP) is 5.38. The van der Waals surface area contributed by atoms with Crippen molar-refractivity contribution < 1.29 is 9.53 Å². The summed E-state index contributed by atoms with van der Waals surface area (Å²) < 4.78 is 5.95. The Morgan fingerprint density at radius 3 is 2.45 bits per heavy atom. The van der Waals surface area contributed by atoms with Gasteiger partial charge in [-0.15, -0.1) is 0 Å². The van der Waals surface area contributed by atoms with E-state index in [1.807, 2.05) is 69.3 Å². The molecule has 0 spiro atoms. The summed E-state index contributed by atoms with van der Waals surface area (Å²) in [6, 6.07) is 18.8. The van der Waals surface area contributed by atoms with Crippen molar-refractivity contribution in [1.29, 1.82) is 5.26 Å². The Hall–Kier alpha value is -3.71. The zero-order valence-electron chi connectivity index (χ0n) is 16.8. The maximum atomic E-state index is 12.7. The van der Waals surface area contributed by atoms with Crippen LogP contribution in [0.15, 0.2) is 66.4 Å². The van der Waals surface area contributed by atoms with Gasteiger partial charge in [0.2, 0.25) is 5.78 Å². The third-order valence-electron chi connectivity index (χ3n) is 4.53. The molecule has 0 atom stereocenters. The maximum Gasteiger partial charge on any atom is 0.203 e. The highest BCUT2D eigenvalue weighted by molar-refractivity contribution is 6.14. The van der Waals surface area contributed by atoms with E-state index in [2.05, 4.69) is 4.98 Å². The molecule has 1 aromatic heterocycles. The van der Waals surface area contributed by atoms with Crippen molar-refractivity contribution in [2.45, 2.75) is 27.4 Å². The smallest absolute Gasteiger partial charge is 0.203 e. The van der Waals surface area contributed by atoms with Crippen LogP contribution < -0.4 is 4.74 Å². The number of carbonyl (C=O) groups is 1. The molecule has 4 nitrogen and oxygen atoms in total. The lowest BCUT2D eigenvalue weighted by Gasteiger charge is -2.13. The lowest BCUT2D eigenvalue weighted by atomic mass is 9.99. The molecule has 0 aliphatic carbocycles. The SMILES string of the molecule is Cc1cccc(C(=O)/C(C#N)=C/c2cc(C)c(OCc3ccccn3)c(C)c2)c1. The third-order valence-corrected chi connectivity index (χ3v) is 4.53. The van der Waals surface area contributed by atoms with Crippen molar-refractivity contribution in [3.8, 4) is 11.8 Å². The number of aryl methyl sites for hydroxylation is 3. The molecular formula is C25H22N2O2. The van der Waals surface area contributed by atoms with Gasteiger partial charge in [0, 0.05) is 11.8 Å². The summed E-state index contributed by atoms with van der Waals surface area (Å²) in [4.78, 5) is 17.0. The number of carbonyl (C=O) groups excluding carboxylic acids is 1. The van der Waals surface area contributed by atoms with Crippen molar-refractivity contribution in [2.75, 3.05) is 0 Å². The summed E-state index contributed by atoms with van der Waals surface area (Å²) in [5, 5.41) is 9.52. The van der Waals surface area contributed by atoms with Crippen LogP contribution in [0.2, 0.25) is 0 Å². The van der Waals surface area contributed by atoms with E-state index in [9.17, 15) is 10.1 Å². The molecule has 0 unspecified atom stereocenters. The molecule has 0 saturated heterocycles. The molecule has 3 rings (SSSR count). The Bertz CT molecular complexity index is 1090. The number of Topliss-reactive ketones (excluding diaryl/α,β-unsaturated/α-hetero) is 1. The van der Waals surface area contributed by atoms with Crippen LogP contribution in [-0.4, -0.2) is 10.8 Å². The molecule has 2 aromatic carbocycles. The van der Waals surface area contributed by atoms with Crippen LogP contribution >= 0.6 is 0 Å². The summed E-state index contributed by atoms with van der Waals surface area (Å²) in [7, 11) is 0. The molecule has 144 valence electrons. The number of allylic oxidation sites excluding steroid dienone is 1. The van der Waals surface area contributed by atoms with Crippen LogP contribution in [0.3, 0.4) is 0 Å². The van der Waals surface area contributed by atoms with E-state index < -0.39 is 0 Å². The minimum Gasteiger partial charge on any atom is -0.487 e. The van der Waals surface area contributed by atoms with Crippen LogP contribution in [0.5, 0.6) is 5.75 Å². The van der Waals surface area contributed by atoms with Gasteiger partial charge in [-0.1, -0.05) is 29.8 Å². The minimum absolute atomic E-state index is 0.108. The molecule has 0 aliphatic rings. The lowest BCUT2D eigenvalue weighted by molar-refractivity contribution is 0.104. The van der Waals surface area contributed by atoms with Gasteiger partial charge >= 0.3 is 0 Å². The van der Waals surface area contributed by atoms with Gasteiger partial charge < -0.3 is 4.74 Å². The van der Waals surface area contributed by atoms with Gasteiger partial charge in [0.25, 0.3) is 0 Å². The highest BCUT2D eigenvalue weighted by atomic mass is 16.5. The standard InChI is InChI=1S/C25H22N2O2/c1-17-7-6-8-21(11-17)24(28)22(15-26)14-20-12-18(2)25(19(3)13-20)29-16-23-9-4-5-10-27-23/h4-14H,16H2,1-3H3/b22-14+. The summed E-state index contributed by atoms with van der Waals surface area (Å²) in [6.45, 7) is 6.20. The summed E-state index contributed by atoms with van der Waals surface area (Å²) >= 11 is 0. The van der Waals surface area contributed by atoms with Gasteiger partial charge in [0.05, 0.1) is 5.69 Å². The average molecular weight is 382 g/mol. The van der Waals surface area contributed by atoms with E-state index in [1.165, 1.54) is 0 Å². The molecule has 0 saturated carbocycles. The van der Waals surface area contributed by atoms with Crippen LogP contribution in [0.1, 0.15) is 38.3 Å². The number of pyridine rings is 1. The molecule has 29 heavy (non-hydrogen) atoms. The van der Waals surface area contributed by atoms with Crippen molar-refractivity contribution in [3.63, 3.8) is 0 Å². The van der Waals surface area contributed by atoms with E-state index in [0.717, 1.165) is 33.7 Å². The second-order valence-electron chi connectivity index (χ2n) is 6.96. The molecule has 0 fully saturated rings. The van der Waals surface area contributed by atoms with E-state index in [1.54, 1.807) is 24.4 Å². The number of rotatable bonds is 6. The highest BCUT2D eigenvalue weighted by Gasteiger charge is 2.13. The average Bonchev–Trinajstić information content (AvgIpc) is 2.71. The van der Waals surface area contributed by atoms with E-state index in [0.29, 0.717) is 12.2 Å². The fourth-order valence-electron chi connectivity index (χ4n) is 3.18. The van der Waals surface area contributed by atoms with E-state index in [-0.39, 0.29) is 11.4 Å². The Kier molecular flexibility index (Phi) is 6.21. The van der Waals surface area contributed by atoms with Crippen molar-refractivity contribution in [2.24, 2.45) is 0 Å². The number of ether oxygens (including phenoxy) is 1. The van der Waals surface area contributed by atoms with Gasteiger partial charge in [-0.05, 0) is 73.9 Å². The first-order valence-corrected chi connectivity index (χ1v) is 9.35. The van der Waals surface area contributed by atoms with Crippen LogP contribution in [-0.2, 0) is 6.61 Å². The second-order valence-corrected chi connectivity index (χ2v) is 6.96. The predicted molar refractivity (Wildman–Crippen MR) is 114 cm³/mol. The number of hydrogen-bond donors (Lipinski definition) is 0. The van der Waals surface area contributed by atoms with Crippen molar-refractivity contribution in [1.82, 2.24) is 4.98 Å². The van der Waals surface area contributed by atoms with Gasteiger partial charge in [0.15, 0.2) is 0 Å². The number of nitriles is 1. The number of aromatic nitrogens is 1. The minimum atomic E-state index is -0.276. The number of benzene rings is 2. The largest absolute Gasteiger partial charge is 0.487 e. The van der Waals surface area contributed by atoms with Crippen molar-refractivity contribution >= 4 is 11.9 Å². The first-order chi connectivity index (χ1) is 14.0. The van der Waals surface area contributed by atoms with Crippen LogP contribution in [0, 0.1) is 32.1 Å². The molecule has 3 aromatic rings. The zero-order chi connectivity index (χ0) is 20.8. The van der Waals surface area contributed by atoms with Gasteiger partial charge in [-0.3, -0.25) is 9.78 Å². The first-order valence-electron chi connectivity index (χ1n) is 9.35. The molecule has 4 heteroatoms. The lowest BCUT2D eigenvalue weighted by Crippen LogP contribution is -2.03. The molecule has 1 heterocycles. The quantitative estimate of drug-likeness (QED) is 0.326. The van der Waals surface area contributed by atoms with Crippen LogP contribution in [0.4, 0.5) is 0 Å². The maximum absolute atomic E-state index is 12.7. The van der Waals surface area contributed by atoms with Crippen molar-refractivity contribution in [3.05, 3.63) is 99.9 Å². The highest BCUT2D eigenvalue weighted by Crippen LogP contribution is 2.27. The molecular weight excluding hydrogens is 360 g/mol. The Morgan fingerprint density at radius 2 is 1.83 bits per heavy atom. The Morgan fingerprint density at radius 1 is 1.07 bits per heavy atom. The summed E-state index contributed by atoms with van der Waals surface area (Å²) in [5.74, 6) is 0.512. The fraction of sp³-hybridized carbons (Fsp3) is 0.160. The van der Waals surface area contributed by atoms with Gasteiger partial charge in [-0.2, -0.15) is 5.26 Å². The molecule has 0 bridgehead atoms. The van der Waals surface area contributed by atoms with Gasteiger partial charge in [-0.25, -0.2) is 0 Å². The fourth-order valence-corrected chi connectivity index (χ4v) is 3.18. The number of nitrogens with zero attached hydrogens (tertiary/aromatic N) is 2. The van der Waals surface area contributed by atoms with Gasteiger partial charge in [0.1, 0.15) is 24.0 Å². The second kappa shape index (κ2) is 8.99. The monoisotopic (exact) mass is 382 g/mol. The molecule has 0 N–H and O–H groups in total. The normalized spacial score (nSPS) is 11.0. The Balaban J connectivity index is 1.85.